The number of carbonyl (C=O) groups excluding carboxylic acids is 2. The number of rotatable bonds is 28. The first-order chi connectivity index (χ1) is 33.5. The number of anilines is 2. The van der Waals surface area contributed by atoms with Gasteiger partial charge in [0, 0.05) is 85.2 Å². The van der Waals surface area contributed by atoms with Crippen molar-refractivity contribution in [2.45, 2.75) is 0 Å². The minimum Gasteiger partial charge on any atom is -0.871 e. The van der Waals surface area contributed by atoms with Crippen LogP contribution in [0.2, 0.25) is 0 Å². The van der Waals surface area contributed by atoms with Crippen LogP contribution in [0.4, 0.5) is 11.4 Å². The summed E-state index contributed by atoms with van der Waals surface area (Å²) in [5, 5.41) is 25.9. The van der Waals surface area contributed by atoms with Gasteiger partial charge in [-0.05, 0) is 70.8 Å². The Hall–Kier alpha value is -6.04. The normalized spacial score (nSPS) is 15.5. The van der Waals surface area contributed by atoms with Crippen molar-refractivity contribution in [3.8, 4) is 0 Å². The molecule has 6 rings (SSSR count). The maximum absolute atomic E-state index is 12.9. The number of carbonyl (C=O) groups is 2. The van der Waals surface area contributed by atoms with Gasteiger partial charge in [-0.15, -0.1) is 0 Å². The molecule has 0 bridgehead atoms. The van der Waals surface area contributed by atoms with Crippen molar-refractivity contribution in [1.29, 1.82) is 0 Å². The zero-order valence-electron chi connectivity index (χ0n) is 40.8. The first kappa shape index (κ1) is 52.3. The van der Waals surface area contributed by atoms with E-state index in [0.29, 0.717) is 128 Å². The molecule has 4 aliphatic rings. The Morgan fingerprint density at radius 3 is 0.899 bits per heavy atom. The van der Waals surface area contributed by atoms with E-state index in [1.54, 1.807) is 0 Å². The first-order valence-electron chi connectivity index (χ1n) is 23.4. The van der Waals surface area contributed by atoms with Crippen LogP contribution in [0.5, 0.6) is 0 Å². The highest BCUT2D eigenvalue weighted by Crippen LogP contribution is 2.39. The summed E-state index contributed by atoms with van der Waals surface area (Å²) in [6.45, 7) is 7.96. The van der Waals surface area contributed by atoms with E-state index in [9.17, 15) is 19.8 Å². The van der Waals surface area contributed by atoms with E-state index >= 15 is 0 Å². The SMILES string of the molecule is CN(CCOCCOCCOCCOCCOCCOCCOCCN(C)c1ccc(C2=C([O-])C(=C3C=CC(=[N+](C)C)C=C3)C2=O)cc1)c1ccc(C2=C([O-])C(=C3C=CC(=[N+](C)C)C=C3)C2=O)cc1. The van der Waals surface area contributed by atoms with Gasteiger partial charge >= 0.3 is 0 Å². The zero-order valence-corrected chi connectivity index (χ0v) is 40.8. The third-order valence-corrected chi connectivity index (χ3v) is 11.7. The van der Waals surface area contributed by atoms with Crippen molar-refractivity contribution in [2.24, 2.45) is 0 Å². The Morgan fingerprint density at radius 2 is 0.652 bits per heavy atom. The Labute approximate surface area is 406 Å². The quantitative estimate of drug-likeness (QED) is 0.0698. The van der Waals surface area contributed by atoms with Crippen LogP contribution in [0.1, 0.15) is 11.1 Å². The van der Waals surface area contributed by atoms with E-state index in [0.717, 1.165) is 22.8 Å². The van der Waals surface area contributed by atoms with Gasteiger partial charge in [0.25, 0.3) is 0 Å². The van der Waals surface area contributed by atoms with Crippen LogP contribution in [-0.2, 0) is 42.7 Å². The van der Waals surface area contributed by atoms with Crippen LogP contribution in [0.25, 0.3) is 11.1 Å². The van der Waals surface area contributed by atoms with Crippen LogP contribution in [0, 0.1) is 0 Å². The monoisotopic (exact) mass is 946 g/mol. The van der Waals surface area contributed by atoms with Crippen LogP contribution in [-0.4, -0.2) is 180 Å². The maximum Gasteiger partial charge on any atom is 0.199 e. The molecule has 0 saturated heterocycles. The fourth-order valence-electron chi connectivity index (χ4n) is 7.54. The van der Waals surface area contributed by atoms with Crippen molar-refractivity contribution >= 4 is 45.5 Å². The molecule has 0 spiro atoms. The predicted molar refractivity (Wildman–Crippen MR) is 264 cm³/mol. The maximum atomic E-state index is 12.9. The molecule has 4 aliphatic carbocycles. The number of hydrogen-bond donors (Lipinski definition) is 0. The standard InChI is InChI=1S/C54H66N4O11/c1-55(2)43-15-7-39(8-16-43)47-51(59)49(52(47)60)41-11-19-45(20-12-41)57(5)23-25-63-27-29-65-31-33-67-35-37-69-38-36-68-34-32-66-30-28-64-26-24-58(6)46-21-13-42(14-22-46)50-53(61)48(54(50)62)40-9-17-44(18-10-40)56(3)4/h7-22H,23-38H2,1-6H3. The minimum absolute atomic E-state index is 0.215. The van der Waals surface area contributed by atoms with Crippen LogP contribution in [0.3, 0.4) is 0 Å². The molecule has 15 heteroatoms. The summed E-state index contributed by atoms with van der Waals surface area (Å²) < 4.78 is 43.3. The Kier molecular flexibility index (Phi) is 20.2. The number of ketones is 2. The highest BCUT2D eigenvalue weighted by atomic mass is 16.6. The molecule has 0 heterocycles. The fourth-order valence-corrected chi connectivity index (χ4v) is 7.54. The number of benzene rings is 2. The average Bonchev–Trinajstić information content (AvgIpc) is 3.35. The van der Waals surface area contributed by atoms with E-state index in [1.807, 2.05) is 149 Å². The average molecular weight is 947 g/mol. The van der Waals surface area contributed by atoms with Gasteiger partial charge in [0.2, 0.25) is 0 Å². The van der Waals surface area contributed by atoms with Gasteiger partial charge in [0.15, 0.2) is 23.0 Å². The molecule has 0 saturated carbocycles. The third kappa shape index (κ3) is 14.5. The van der Waals surface area contributed by atoms with Crippen LogP contribution < -0.4 is 20.0 Å². The molecule has 0 radical (unpaired) electrons. The molecule has 0 aliphatic heterocycles. The summed E-state index contributed by atoms with van der Waals surface area (Å²) >= 11 is 0. The molecule has 0 atom stereocenters. The summed E-state index contributed by atoms with van der Waals surface area (Å²) in [5.74, 6) is -0.859. The number of nitrogens with zero attached hydrogens (tertiary/aromatic N) is 4. The number of likely N-dealkylation sites (N-methyl/N-ethyl adjacent to an activating group) is 2. The topological polar surface area (TPSA) is 157 Å². The van der Waals surface area contributed by atoms with Gasteiger partial charge in [0.1, 0.15) is 28.2 Å². The molecule has 15 nitrogen and oxygen atoms in total. The number of allylic oxidation sites excluding steroid dienone is 14. The van der Waals surface area contributed by atoms with Crippen molar-refractivity contribution < 1.29 is 62.1 Å². The first-order valence-corrected chi connectivity index (χ1v) is 23.4. The second-order valence-electron chi connectivity index (χ2n) is 16.9. The molecule has 0 fully saturated rings. The molecule has 2 aromatic rings. The van der Waals surface area contributed by atoms with Gasteiger partial charge < -0.3 is 53.2 Å². The van der Waals surface area contributed by atoms with Crippen molar-refractivity contribution in [2.75, 3.05) is 158 Å². The van der Waals surface area contributed by atoms with Gasteiger partial charge in [-0.1, -0.05) is 35.8 Å². The van der Waals surface area contributed by atoms with E-state index < -0.39 is 0 Å². The molecule has 0 N–H and O–H groups in total. The van der Waals surface area contributed by atoms with Crippen molar-refractivity contribution in [3.63, 3.8) is 0 Å². The highest BCUT2D eigenvalue weighted by molar-refractivity contribution is 6.40. The lowest BCUT2D eigenvalue weighted by atomic mass is 9.80. The summed E-state index contributed by atoms with van der Waals surface area (Å²) in [7, 11) is 11.7. The number of hydrogen-bond acceptors (Lipinski definition) is 13. The molecule has 2 aromatic carbocycles. The van der Waals surface area contributed by atoms with E-state index in [4.69, 9.17) is 33.2 Å². The summed E-state index contributed by atoms with van der Waals surface area (Å²) in [4.78, 5) is 30.0. The molecular weight excluding hydrogens is 881 g/mol. The fraction of sp³-hybridized carbons (Fsp3) is 0.407. The van der Waals surface area contributed by atoms with E-state index in [-0.39, 0.29) is 45.4 Å². The molecular formula is C54H66N4O11. The molecule has 69 heavy (non-hydrogen) atoms. The van der Waals surface area contributed by atoms with Crippen molar-refractivity contribution in [1.82, 2.24) is 0 Å². The third-order valence-electron chi connectivity index (χ3n) is 11.7. The van der Waals surface area contributed by atoms with Gasteiger partial charge in [-0.3, -0.25) is 9.59 Å². The smallest absolute Gasteiger partial charge is 0.199 e. The van der Waals surface area contributed by atoms with Crippen molar-refractivity contribution in [3.05, 3.63) is 142 Å². The van der Waals surface area contributed by atoms with Crippen LogP contribution in [0.15, 0.2) is 131 Å². The second-order valence-corrected chi connectivity index (χ2v) is 16.9. The Bertz CT molecular complexity index is 2240. The molecule has 0 aromatic heterocycles. The van der Waals surface area contributed by atoms with E-state index in [1.165, 1.54) is 0 Å². The lowest BCUT2D eigenvalue weighted by molar-refractivity contribution is -0.462. The predicted octanol–water partition coefficient (Wildman–Crippen LogP) is 2.96. The lowest BCUT2D eigenvalue weighted by Crippen LogP contribution is -2.30. The van der Waals surface area contributed by atoms with Gasteiger partial charge in [-0.25, -0.2) is 9.15 Å². The van der Waals surface area contributed by atoms with Crippen LogP contribution >= 0.6 is 0 Å². The Morgan fingerprint density at radius 1 is 0.391 bits per heavy atom. The summed E-state index contributed by atoms with van der Waals surface area (Å²) in [5.41, 5.74) is 7.44. The van der Waals surface area contributed by atoms with E-state index in [2.05, 4.69) is 9.80 Å². The Balaban J connectivity index is 0.690. The summed E-state index contributed by atoms with van der Waals surface area (Å²) in [6.07, 6.45) is 14.9. The zero-order chi connectivity index (χ0) is 49.1. The number of ether oxygens (including phenoxy) is 7. The molecule has 0 amide bonds. The molecule has 0 unspecified atom stereocenters. The van der Waals surface area contributed by atoms with Gasteiger partial charge in [-0.2, -0.15) is 0 Å². The minimum atomic E-state index is -0.215. The summed E-state index contributed by atoms with van der Waals surface area (Å²) in [6, 6.07) is 14.9. The lowest BCUT2D eigenvalue weighted by Gasteiger charge is -2.32. The second kappa shape index (κ2) is 26.6. The number of Topliss-reactive ketones (excluding diaryl/α,β-unsaturated/α-hetero) is 2. The largest absolute Gasteiger partial charge is 0.871 e. The highest BCUT2D eigenvalue weighted by Gasteiger charge is 2.32. The van der Waals surface area contributed by atoms with Gasteiger partial charge in [0.05, 0.1) is 92.5 Å². The molecule has 368 valence electrons.